The molecular weight excluding hydrogens is 226 g/mol. The van der Waals surface area contributed by atoms with Gasteiger partial charge in [0, 0.05) is 5.56 Å². The summed E-state index contributed by atoms with van der Waals surface area (Å²) in [6, 6.07) is 17.7. The molecule has 0 saturated heterocycles. The van der Waals surface area contributed by atoms with Gasteiger partial charge in [-0.2, -0.15) is 0 Å². The highest BCUT2D eigenvalue weighted by molar-refractivity contribution is 5.28. The van der Waals surface area contributed by atoms with Crippen LogP contribution in [-0.2, 0) is 6.61 Å². The minimum atomic E-state index is -0.0758. The number of aliphatic hydroxyl groups is 1. The number of rotatable bonds is 5. The monoisotopic (exact) mass is 244 g/mol. The number of quaternary nitrogens is 1. The second-order valence-corrected chi connectivity index (χ2v) is 4.22. The van der Waals surface area contributed by atoms with Gasteiger partial charge >= 0.3 is 0 Å². The fourth-order valence-corrected chi connectivity index (χ4v) is 1.68. The van der Waals surface area contributed by atoms with Crippen molar-refractivity contribution in [2.45, 2.75) is 12.6 Å². The standard InChI is InChI=1S/C15H17NO2/c16-15(10-17)13-6-8-14(9-7-13)18-11-12-4-2-1-3-5-12/h1-9,15,17H,10-11,16H2/p+1/t15-/m1/s1. The molecule has 2 aromatic carbocycles. The first-order valence-electron chi connectivity index (χ1n) is 6.00. The highest BCUT2D eigenvalue weighted by atomic mass is 16.5. The smallest absolute Gasteiger partial charge is 0.133 e. The van der Waals surface area contributed by atoms with Gasteiger partial charge in [-0.15, -0.1) is 0 Å². The molecule has 0 aliphatic carbocycles. The van der Waals surface area contributed by atoms with Crippen LogP contribution in [-0.4, -0.2) is 11.7 Å². The van der Waals surface area contributed by atoms with Crippen molar-refractivity contribution < 1.29 is 15.6 Å². The highest BCUT2D eigenvalue weighted by Crippen LogP contribution is 2.16. The van der Waals surface area contributed by atoms with Gasteiger partial charge in [0.1, 0.15) is 18.4 Å². The van der Waals surface area contributed by atoms with Gasteiger partial charge in [-0.3, -0.25) is 0 Å². The molecule has 94 valence electrons. The van der Waals surface area contributed by atoms with Crippen LogP contribution in [0.3, 0.4) is 0 Å². The van der Waals surface area contributed by atoms with Gasteiger partial charge in [0.15, 0.2) is 0 Å². The van der Waals surface area contributed by atoms with Gasteiger partial charge in [0.05, 0.1) is 6.61 Å². The predicted molar refractivity (Wildman–Crippen MR) is 69.9 cm³/mol. The summed E-state index contributed by atoms with van der Waals surface area (Å²) in [5.41, 5.74) is 6.02. The molecule has 18 heavy (non-hydrogen) atoms. The van der Waals surface area contributed by atoms with E-state index in [0.29, 0.717) is 6.61 Å². The van der Waals surface area contributed by atoms with E-state index in [0.717, 1.165) is 16.9 Å². The molecule has 0 aromatic heterocycles. The van der Waals surface area contributed by atoms with Crippen molar-refractivity contribution in [2.75, 3.05) is 6.61 Å². The molecule has 0 radical (unpaired) electrons. The molecule has 2 aromatic rings. The molecule has 0 bridgehead atoms. The van der Waals surface area contributed by atoms with E-state index in [9.17, 15) is 0 Å². The first kappa shape index (κ1) is 12.6. The van der Waals surface area contributed by atoms with E-state index in [2.05, 4.69) is 5.73 Å². The second kappa shape index (κ2) is 6.19. The largest absolute Gasteiger partial charge is 0.489 e. The Balaban J connectivity index is 1.94. The van der Waals surface area contributed by atoms with Crippen molar-refractivity contribution in [3.8, 4) is 5.75 Å². The molecule has 3 nitrogen and oxygen atoms in total. The SMILES string of the molecule is [NH3+][C@H](CO)c1ccc(OCc2ccccc2)cc1. The van der Waals surface area contributed by atoms with Gasteiger partial charge in [0.2, 0.25) is 0 Å². The fourth-order valence-electron chi connectivity index (χ4n) is 1.68. The van der Waals surface area contributed by atoms with Gasteiger partial charge in [-0.05, 0) is 29.8 Å². The third-order valence-electron chi connectivity index (χ3n) is 2.82. The molecule has 0 amide bonds. The summed E-state index contributed by atoms with van der Waals surface area (Å²) in [5, 5.41) is 9.02. The lowest BCUT2D eigenvalue weighted by atomic mass is 10.1. The molecule has 3 heteroatoms. The summed E-state index contributed by atoms with van der Waals surface area (Å²) in [4.78, 5) is 0. The van der Waals surface area contributed by atoms with E-state index in [1.807, 2.05) is 54.6 Å². The summed E-state index contributed by atoms with van der Waals surface area (Å²) in [6.07, 6.45) is 0. The lowest BCUT2D eigenvalue weighted by Gasteiger charge is -2.08. The van der Waals surface area contributed by atoms with E-state index in [1.54, 1.807) is 0 Å². The average Bonchev–Trinajstić information content (AvgIpc) is 2.46. The van der Waals surface area contributed by atoms with Crippen molar-refractivity contribution in [1.29, 1.82) is 0 Å². The maximum absolute atomic E-state index is 9.02. The third-order valence-corrected chi connectivity index (χ3v) is 2.82. The summed E-state index contributed by atoms with van der Waals surface area (Å²) in [7, 11) is 0. The van der Waals surface area contributed by atoms with Crippen molar-refractivity contribution in [3.05, 3.63) is 65.7 Å². The Hall–Kier alpha value is -1.84. The minimum absolute atomic E-state index is 0.0597. The molecule has 0 unspecified atom stereocenters. The van der Waals surface area contributed by atoms with Crippen LogP contribution in [0.4, 0.5) is 0 Å². The molecular formula is C15H18NO2+. The first-order valence-corrected chi connectivity index (χ1v) is 6.00. The predicted octanol–water partition coefficient (Wildman–Crippen LogP) is 1.54. The average molecular weight is 244 g/mol. The Labute approximate surface area is 107 Å². The van der Waals surface area contributed by atoms with Crippen LogP contribution in [0.25, 0.3) is 0 Å². The normalized spacial score (nSPS) is 12.1. The number of aliphatic hydroxyl groups excluding tert-OH is 1. The lowest BCUT2D eigenvalue weighted by molar-refractivity contribution is -0.432. The van der Waals surface area contributed by atoms with Crippen LogP contribution in [0.5, 0.6) is 5.75 Å². The number of ether oxygens (including phenoxy) is 1. The van der Waals surface area contributed by atoms with E-state index >= 15 is 0 Å². The molecule has 0 fully saturated rings. The molecule has 0 heterocycles. The third kappa shape index (κ3) is 3.32. The Morgan fingerprint density at radius 1 is 1.00 bits per heavy atom. The topological polar surface area (TPSA) is 57.1 Å². The highest BCUT2D eigenvalue weighted by Gasteiger charge is 2.07. The zero-order valence-electron chi connectivity index (χ0n) is 10.3. The number of hydrogen-bond donors (Lipinski definition) is 2. The zero-order valence-corrected chi connectivity index (χ0v) is 10.3. The summed E-state index contributed by atoms with van der Waals surface area (Å²) in [6.45, 7) is 0.623. The van der Waals surface area contributed by atoms with Crippen molar-refractivity contribution >= 4 is 0 Å². The van der Waals surface area contributed by atoms with E-state index in [-0.39, 0.29) is 12.6 Å². The number of benzene rings is 2. The zero-order chi connectivity index (χ0) is 12.8. The summed E-state index contributed by atoms with van der Waals surface area (Å²) in [5.74, 6) is 0.827. The Morgan fingerprint density at radius 3 is 2.28 bits per heavy atom. The summed E-state index contributed by atoms with van der Waals surface area (Å²) >= 11 is 0. The Bertz CT molecular complexity index is 468. The van der Waals surface area contributed by atoms with Crippen LogP contribution >= 0.6 is 0 Å². The fraction of sp³-hybridized carbons (Fsp3) is 0.200. The van der Waals surface area contributed by atoms with Crippen LogP contribution in [0.1, 0.15) is 17.2 Å². The number of hydrogen-bond acceptors (Lipinski definition) is 2. The molecule has 0 aliphatic rings. The van der Waals surface area contributed by atoms with E-state index < -0.39 is 0 Å². The molecule has 2 rings (SSSR count). The Kier molecular flexibility index (Phi) is 4.34. The van der Waals surface area contributed by atoms with Gasteiger partial charge in [-0.1, -0.05) is 30.3 Å². The van der Waals surface area contributed by atoms with Crippen LogP contribution in [0.2, 0.25) is 0 Å². The van der Waals surface area contributed by atoms with Crippen LogP contribution in [0.15, 0.2) is 54.6 Å². The molecule has 4 N–H and O–H groups in total. The lowest BCUT2D eigenvalue weighted by Crippen LogP contribution is -2.55. The van der Waals surface area contributed by atoms with Gasteiger partial charge in [0.25, 0.3) is 0 Å². The molecule has 0 saturated carbocycles. The molecule has 0 spiro atoms. The van der Waals surface area contributed by atoms with Crippen LogP contribution in [0, 0.1) is 0 Å². The maximum Gasteiger partial charge on any atom is 0.133 e. The van der Waals surface area contributed by atoms with Gasteiger partial charge in [-0.25, -0.2) is 0 Å². The van der Waals surface area contributed by atoms with Crippen LogP contribution < -0.4 is 10.5 Å². The van der Waals surface area contributed by atoms with Crippen molar-refractivity contribution in [1.82, 2.24) is 0 Å². The van der Waals surface area contributed by atoms with Gasteiger partial charge < -0.3 is 15.6 Å². The van der Waals surface area contributed by atoms with Crippen molar-refractivity contribution in [2.24, 2.45) is 0 Å². The minimum Gasteiger partial charge on any atom is -0.489 e. The summed E-state index contributed by atoms with van der Waals surface area (Å²) < 4.78 is 5.68. The molecule has 0 aliphatic heterocycles. The second-order valence-electron chi connectivity index (χ2n) is 4.22. The maximum atomic E-state index is 9.02. The molecule has 1 atom stereocenters. The first-order chi connectivity index (χ1) is 8.79. The van der Waals surface area contributed by atoms with E-state index in [4.69, 9.17) is 9.84 Å². The quantitative estimate of drug-likeness (QED) is 0.838. The van der Waals surface area contributed by atoms with E-state index in [1.165, 1.54) is 0 Å². The Morgan fingerprint density at radius 2 is 1.67 bits per heavy atom. The van der Waals surface area contributed by atoms with Crippen molar-refractivity contribution in [3.63, 3.8) is 0 Å².